The largest absolute Gasteiger partial charge is 0.506 e. The lowest BCUT2D eigenvalue weighted by Crippen LogP contribution is -1.87. The Morgan fingerprint density at radius 3 is 2.32 bits per heavy atom. The summed E-state index contributed by atoms with van der Waals surface area (Å²) in [6, 6.07) is 13.8. The Balaban J connectivity index is 1.94. The Hall–Kier alpha value is -2.75. The highest BCUT2D eigenvalue weighted by Gasteiger charge is 1.95. The molecule has 0 saturated heterocycles. The van der Waals surface area contributed by atoms with Crippen LogP contribution in [0.2, 0.25) is 0 Å². The van der Waals surface area contributed by atoms with Gasteiger partial charge >= 0.3 is 0 Å². The number of nitrogens with one attached hydrogen (secondary N) is 1. The SMILES string of the molecule is Oc1ccccc1N=CC=CNc1ccccc1O. The first kappa shape index (κ1) is 12.7. The first-order valence-corrected chi connectivity index (χ1v) is 5.79. The summed E-state index contributed by atoms with van der Waals surface area (Å²) in [7, 11) is 0. The number of benzene rings is 2. The zero-order chi connectivity index (χ0) is 13.5. The van der Waals surface area contributed by atoms with Crippen LogP contribution in [0, 0.1) is 0 Å². The molecule has 4 nitrogen and oxygen atoms in total. The Kier molecular flexibility index (Phi) is 4.18. The molecule has 0 saturated carbocycles. The Labute approximate surface area is 111 Å². The van der Waals surface area contributed by atoms with Crippen molar-refractivity contribution >= 4 is 17.6 Å². The van der Waals surface area contributed by atoms with Crippen molar-refractivity contribution < 1.29 is 10.2 Å². The second-order valence-corrected chi connectivity index (χ2v) is 3.79. The number of nitrogens with zero attached hydrogens (tertiary/aromatic N) is 1. The average molecular weight is 254 g/mol. The van der Waals surface area contributed by atoms with Crippen molar-refractivity contribution in [3.8, 4) is 11.5 Å². The van der Waals surface area contributed by atoms with Crippen LogP contribution >= 0.6 is 0 Å². The van der Waals surface area contributed by atoms with Crippen LogP contribution in [0.25, 0.3) is 0 Å². The number of para-hydroxylation sites is 4. The number of phenolic OH excluding ortho intramolecular Hbond substituents is 2. The second-order valence-electron chi connectivity index (χ2n) is 3.79. The smallest absolute Gasteiger partial charge is 0.141 e. The van der Waals surface area contributed by atoms with E-state index in [2.05, 4.69) is 10.3 Å². The first-order chi connectivity index (χ1) is 9.27. The molecule has 0 bridgehead atoms. The number of hydrogen-bond acceptors (Lipinski definition) is 4. The van der Waals surface area contributed by atoms with E-state index in [0.717, 1.165) is 0 Å². The van der Waals surface area contributed by atoms with Gasteiger partial charge in [0, 0.05) is 12.4 Å². The van der Waals surface area contributed by atoms with Crippen LogP contribution in [0.4, 0.5) is 11.4 Å². The zero-order valence-electron chi connectivity index (χ0n) is 10.2. The van der Waals surface area contributed by atoms with Gasteiger partial charge in [-0.15, -0.1) is 0 Å². The zero-order valence-corrected chi connectivity index (χ0v) is 10.2. The van der Waals surface area contributed by atoms with Gasteiger partial charge < -0.3 is 15.5 Å². The summed E-state index contributed by atoms with van der Waals surface area (Å²) in [6.07, 6.45) is 4.89. The van der Waals surface area contributed by atoms with E-state index >= 15 is 0 Å². The molecule has 96 valence electrons. The summed E-state index contributed by atoms with van der Waals surface area (Å²) >= 11 is 0. The molecule has 0 spiro atoms. The molecule has 0 aliphatic carbocycles. The third-order valence-electron chi connectivity index (χ3n) is 2.42. The van der Waals surface area contributed by atoms with Gasteiger partial charge in [0.05, 0.1) is 5.69 Å². The standard InChI is InChI=1S/C15H14N2O2/c18-14-8-3-1-6-12(14)16-10-5-11-17-13-7-2-4-9-15(13)19/h1-11,16,18-19H. The van der Waals surface area contributed by atoms with Crippen LogP contribution in [0.15, 0.2) is 65.8 Å². The van der Waals surface area contributed by atoms with Gasteiger partial charge in [0.1, 0.15) is 17.2 Å². The van der Waals surface area contributed by atoms with E-state index in [4.69, 9.17) is 0 Å². The lowest BCUT2D eigenvalue weighted by molar-refractivity contribution is 0.476. The maximum atomic E-state index is 9.52. The van der Waals surface area contributed by atoms with Crippen LogP contribution in [-0.4, -0.2) is 16.4 Å². The van der Waals surface area contributed by atoms with Gasteiger partial charge in [-0.25, -0.2) is 0 Å². The molecule has 2 rings (SSSR count). The van der Waals surface area contributed by atoms with Crippen molar-refractivity contribution in [3.05, 3.63) is 60.8 Å². The van der Waals surface area contributed by atoms with Gasteiger partial charge in [-0.2, -0.15) is 0 Å². The highest BCUT2D eigenvalue weighted by atomic mass is 16.3. The normalized spacial score (nSPS) is 11.2. The highest BCUT2D eigenvalue weighted by molar-refractivity contribution is 5.76. The van der Waals surface area contributed by atoms with Gasteiger partial charge in [0.25, 0.3) is 0 Å². The highest BCUT2D eigenvalue weighted by Crippen LogP contribution is 2.24. The second kappa shape index (κ2) is 6.26. The Morgan fingerprint density at radius 1 is 0.895 bits per heavy atom. The summed E-state index contributed by atoms with van der Waals surface area (Å²) in [4.78, 5) is 4.10. The van der Waals surface area contributed by atoms with Crippen molar-refractivity contribution in [1.82, 2.24) is 0 Å². The summed E-state index contributed by atoms with van der Waals surface area (Å²) in [5, 5.41) is 21.9. The summed E-state index contributed by atoms with van der Waals surface area (Å²) in [5.41, 5.74) is 1.13. The molecule has 0 heterocycles. The van der Waals surface area contributed by atoms with E-state index < -0.39 is 0 Å². The molecule has 0 aliphatic heterocycles. The van der Waals surface area contributed by atoms with Crippen LogP contribution in [0.5, 0.6) is 11.5 Å². The van der Waals surface area contributed by atoms with Crippen LogP contribution in [-0.2, 0) is 0 Å². The molecule has 0 radical (unpaired) electrons. The Morgan fingerprint density at radius 2 is 1.58 bits per heavy atom. The summed E-state index contributed by atoms with van der Waals surface area (Å²) in [6.45, 7) is 0. The molecule has 0 aliphatic rings. The van der Waals surface area contributed by atoms with Crippen molar-refractivity contribution in [1.29, 1.82) is 0 Å². The van der Waals surface area contributed by atoms with E-state index in [9.17, 15) is 10.2 Å². The molecule has 3 N–H and O–H groups in total. The van der Waals surface area contributed by atoms with Gasteiger partial charge in [-0.3, -0.25) is 4.99 Å². The quantitative estimate of drug-likeness (QED) is 0.578. The molecule has 0 amide bonds. The number of rotatable bonds is 4. The van der Waals surface area contributed by atoms with Gasteiger partial charge in [0.2, 0.25) is 0 Å². The minimum absolute atomic E-state index is 0.140. The monoisotopic (exact) mass is 254 g/mol. The maximum absolute atomic E-state index is 9.52. The third-order valence-corrected chi connectivity index (χ3v) is 2.42. The lowest BCUT2D eigenvalue weighted by atomic mass is 10.3. The molecule has 0 atom stereocenters. The van der Waals surface area contributed by atoms with Crippen LogP contribution in [0.3, 0.4) is 0 Å². The van der Waals surface area contributed by atoms with Crippen molar-refractivity contribution in [3.63, 3.8) is 0 Å². The van der Waals surface area contributed by atoms with Gasteiger partial charge in [0.15, 0.2) is 0 Å². The van der Waals surface area contributed by atoms with Crippen LogP contribution < -0.4 is 5.32 Å². The summed E-state index contributed by atoms with van der Waals surface area (Å²) in [5.74, 6) is 0.325. The number of anilines is 1. The minimum atomic E-state index is 0.140. The summed E-state index contributed by atoms with van der Waals surface area (Å²) < 4.78 is 0. The Bertz CT molecular complexity index is 607. The fourth-order valence-electron chi connectivity index (χ4n) is 1.47. The number of aromatic hydroxyl groups is 2. The van der Waals surface area contributed by atoms with Gasteiger partial charge in [-0.05, 0) is 30.3 Å². The van der Waals surface area contributed by atoms with Crippen LogP contribution in [0.1, 0.15) is 0 Å². The van der Waals surface area contributed by atoms with Gasteiger partial charge in [-0.1, -0.05) is 24.3 Å². The third kappa shape index (κ3) is 3.61. The molecule has 2 aromatic rings. The number of hydrogen-bond donors (Lipinski definition) is 3. The number of allylic oxidation sites excluding steroid dienone is 1. The lowest BCUT2D eigenvalue weighted by Gasteiger charge is -2.01. The average Bonchev–Trinajstić information content (AvgIpc) is 2.42. The van der Waals surface area contributed by atoms with E-state index in [1.54, 1.807) is 61.0 Å². The van der Waals surface area contributed by atoms with Crippen molar-refractivity contribution in [2.24, 2.45) is 4.99 Å². The van der Waals surface area contributed by atoms with Crippen molar-refractivity contribution in [2.75, 3.05) is 5.32 Å². The van der Waals surface area contributed by atoms with E-state index in [-0.39, 0.29) is 11.5 Å². The molecule has 0 unspecified atom stereocenters. The van der Waals surface area contributed by atoms with E-state index in [1.807, 2.05) is 6.07 Å². The predicted molar refractivity (Wildman–Crippen MR) is 77.1 cm³/mol. The van der Waals surface area contributed by atoms with Crippen molar-refractivity contribution in [2.45, 2.75) is 0 Å². The maximum Gasteiger partial charge on any atom is 0.141 e. The minimum Gasteiger partial charge on any atom is -0.506 e. The molecule has 19 heavy (non-hydrogen) atoms. The molecule has 0 fully saturated rings. The fourth-order valence-corrected chi connectivity index (χ4v) is 1.47. The molecule has 2 aromatic carbocycles. The topological polar surface area (TPSA) is 64.9 Å². The molecular weight excluding hydrogens is 240 g/mol. The van der Waals surface area contributed by atoms with E-state index in [0.29, 0.717) is 11.4 Å². The number of phenols is 2. The van der Waals surface area contributed by atoms with E-state index in [1.165, 1.54) is 0 Å². The molecule has 0 aromatic heterocycles. The number of aliphatic imine (C=N–C) groups is 1. The molecular formula is C15H14N2O2. The first-order valence-electron chi connectivity index (χ1n) is 5.79. The predicted octanol–water partition coefficient (Wildman–Crippen LogP) is 3.43. The fraction of sp³-hybridized carbons (Fsp3) is 0. The molecule has 4 heteroatoms.